The summed E-state index contributed by atoms with van der Waals surface area (Å²) in [7, 11) is 3.46. The number of nitrogens with one attached hydrogen (secondary N) is 1. The second-order valence-electron chi connectivity index (χ2n) is 6.11. The first-order valence-corrected chi connectivity index (χ1v) is 8.72. The highest BCUT2D eigenvalue weighted by molar-refractivity contribution is 5.92. The Kier molecular flexibility index (Phi) is 5.87. The quantitative estimate of drug-likeness (QED) is 0.674. The van der Waals surface area contributed by atoms with Crippen LogP contribution in [-0.4, -0.2) is 22.6 Å². The molecule has 1 unspecified atom stereocenters. The summed E-state index contributed by atoms with van der Waals surface area (Å²) in [5, 5.41) is 12.2. The van der Waals surface area contributed by atoms with Gasteiger partial charge in [-0.2, -0.15) is 5.26 Å². The van der Waals surface area contributed by atoms with Gasteiger partial charge in [0.2, 0.25) is 5.91 Å². The number of ether oxygens (including phenoxy) is 1. The van der Waals surface area contributed by atoms with Gasteiger partial charge in [0.05, 0.1) is 18.7 Å². The Labute approximate surface area is 163 Å². The molecule has 0 saturated heterocycles. The van der Waals surface area contributed by atoms with Gasteiger partial charge in [0.1, 0.15) is 17.6 Å². The van der Waals surface area contributed by atoms with Gasteiger partial charge >= 0.3 is 0 Å². The molecule has 140 valence electrons. The molecule has 0 aliphatic carbocycles. The molecule has 3 aromatic rings. The minimum atomic E-state index is -0.487. The van der Waals surface area contributed by atoms with Crippen LogP contribution in [0.5, 0.6) is 5.75 Å². The molecular formula is C22H20N4O2. The topological polar surface area (TPSA) is 79.9 Å². The predicted octanol–water partition coefficient (Wildman–Crippen LogP) is 3.22. The van der Waals surface area contributed by atoms with E-state index < -0.39 is 6.04 Å². The van der Waals surface area contributed by atoms with E-state index in [1.165, 1.54) is 6.08 Å². The van der Waals surface area contributed by atoms with Gasteiger partial charge in [0.15, 0.2) is 0 Å². The van der Waals surface area contributed by atoms with Crippen LogP contribution in [0.1, 0.15) is 28.6 Å². The maximum Gasteiger partial charge on any atom is 0.244 e. The summed E-state index contributed by atoms with van der Waals surface area (Å²) in [6.07, 6.45) is 6.55. The Morgan fingerprint density at radius 2 is 2.00 bits per heavy atom. The van der Waals surface area contributed by atoms with Crippen LogP contribution in [0, 0.1) is 11.3 Å². The van der Waals surface area contributed by atoms with Crippen LogP contribution in [0.4, 0.5) is 0 Å². The van der Waals surface area contributed by atoms with E-state index in [0.29, 0.717) is 22.7 Å². The Morgan fingerprint density at radius 1 is 1.25 bits per heavy atom. The van der Waals surface area contributed by atoms with Gasteiger partial charge in [-0.3, -0.25) is 4.79 Å². The summed E-state index contributed by atoms with van der Waals surface area (Å²) in [6, 6.07) is 16.2. The summed E-state index contributed by atoms with van der Waals surface area (Å²) in [4.78, 5) is 17.0. The number of aryl methyl sites for hydroxylation is 1. The van der Waals surface area contributed by atoms with Gasteiger partial charge in [0, 0.05) is 31.1 Å². The number of hydrogen-bond donors (Lipinski definition) is 1. The summed E-state index contributed by atoms with van der Waals surface area (Å²) < 4.78 is 7.32. The molecule has 2 aromatic carbocycles. The molecule has 0 bridgehead atoms. The van der Waals surface area contributed by atoms with E-state index in [9.17, 15) is 10.1 Å². The molecule has 1 heterocycles. The third kappa shape index (κ3) is 4.10. The zero-order valence-electron chi connectivity index (χ0n) is 15.7. The van der Waals surface area contributed by atoms with Crippen molar-refractivity contribution in [2.75, 3.05) is 7.11 Å². The fourth-order valence-corrected chi connectivity index (χ4v) is 2.94. The van der Waals surface area contributed by atoms with Gasteiger partial charge in [-0.15, -0.1) is 0 Å². The lowest BCUT2D eigenvalue weighted by Gasteiger charge is -2.20. The predicted molar refractivity (Wildman–Crippen MR) is 106 cm³/mol. The van der Waals surface area contributed by atoms with Gasteiger partial charge in [-0.1, -0.05) is 36.4 Å². The number of imidazole rings is 1. The van der Waals surface area contributed by atoms with Crippen LogP contribution in [-0.2, 0) is 11.8 Å². The van der Waals surface area contributed by atoms with Crippen molar-refractivity contribution in [1.82, 2.24) is 14.9 Å². The molecule has 6 heteroatoms. The van der Waals surface area contributed by atoms with Crippen molar-refractivity contribution in [2.24, 2.45) is 7.05 Å². The number of amides is 1. The van der Waals surface area contributed by atoms with Crippen molar-refractivity contribution >= 4 is 12.0 Å². The Bertz CT molecular complexity index is 1050. The highest BCUT2D eigenvalue weighted by atomic mass is 16.5. The Morgan fingerprint density at radius 3 is 2.71 bits per heavy atom. The molecule has 0 radical (unpaired) electrons. The SMILES string of the molecule is COc1ccccc1C(NC(=O)/C=C/c1ccccc1C#N)c1nccn1C. The van der Waals surface area contributed by atoms with Crippen molar-refractivity contribution in [3.8, 4) is 11.8 Å². The minimum Gasteiger partial charge on any atom is -0.496 e. The van der Waals surface area contributed by atoms with Crippen LogP contribution in [0.25, 0.3) is 6.08 Å². The normalized spacial score (nSPS) is 11.8. The van der Waals surface area contributed by atoms with E-state index in [1.807, 2.05) is 48.1 Å². The number of carbonyl (C=O) groups is 1. The number of benzene rings is 2. The standard InChI is InChI=1S/C22H20N4O2/c1-26-14-13-24-22(26)21(18-9-5-6-10-19(18)28-2)25-20(27)12-11-16-7-3-4-8-17(16)15-23/h3-14,21H,1-2H3,(H,25,27)/b12-11+. The lowest BCUT2D eigenvalue weighted by molar-refractivity contribution is -0.117. The van der Waals surface area contributed by atoms with Crippen molar-refractivity contribution in [1.29, 1.82) is 5.26 Å². The zero-order chi connectivity index (χ0) is 19.9. The number of carbonyl (C=O) groups excluding carboxylic acids is 1. The van der Waals surface area contributed by atoms with Crippen LogP contribution < -0.4 is 10.1 Å². The summed E-state index contributed by atoms with van der Waals surface area (Å²) >= 11 is 0. The second-order valence-corrected chi connectivity index (χ2v) is 6.11. The molecule has 1 N–H and O–H groups in total. The minimum absolute atomic E-state index is 0.299. The molecule has 0 saturated carbocycles. The molecule has 1 atom stereocenters. The Hall–Kier alpha value is -3.85. The lowest BCUT2D eigenvalue weighted by atomic mass is 10.0. The molecule has 1 aromatic heterocycles. The van der Waals surface area contributed by atoms with Crippen LogP contribution in [0.15, 0.2) is 67.0 Å². The maximum absolute atomic E-state index is 12.6. The van der Waals surface area contributed by atoms with Gasteiger partial charge < -0.3 is 14.6 Å². The molecule has 0 spiro atoms. The maximum atomic E-state index is 12.6. The number of hydrogen-bond acceptors (Lipinski definition) is 4. The van der Waals surface area contributed by atoms with Crippen LogP contribution >= 0.6 is 0 Å². The van der Waals surface area contributed by atoms with E-state index >= 15 is 0 Å². The highest BCUT2D eigenvalue weighted by Crippen LogP contribution is 2.29. The van der Waals surface area contributed by atoms with E-state index in [-0.39, 0.29) is 5.91 Å². The molecule has 28 heavy (non-hydrogen) atoms. The first kappa shape index (κ1) is 18.9. The molecule has 3 rings (SSSR count). The molecule has 1 amide bonds. The van der Waals surface area contributed by atoms with E-state index in [2.05, 4.69) is 16.4 Å². The fraction of sp³-hybridized carbons (Fsp3) is 0.136. The summed E-state index contributed by atoms with van der Waals surface area (Å²) in [5.41, 5.74) is 2.00. The average Bonchev–Trinajstić information content (AvgIpc) is 3.16. The number of aromatic nitrogens is 2. The number of para-hydroxylation sites is 1. The number of nitrogens with zero attached hydrogens (tertiary/aromatic N) is 3. The number of nitriles is 1. The average molecular weight is 372 g/mol. The third-order valence-corrected chi connectivity index (χ3v) is 4.35. The lowest BCUT2D eigenvalue weighted by Crippen LogP contribution is -2.30. The zero-order valence-corrected chi connectivity index (χ0v) is 15.7. The van der Waals surface area contributed by atoms with Crippen molar-refractivity contribution in [2.45, 2.75) is 6.04 Å². The van der Waals surface area contributed by atoms with Crippen molar-refractivity contribution < 1.29 is 9.53 Å². The number of rotatable bonds is 6. The van der Waals surface area contributed by atoms with Gasteiger partial charge in [0.25, 0.3) is 0 Å². The van der Waals surface area contributed by atoms with Crippen molar-refractivity contribution in [3.05, 3.63) is 89.5 Å². The number of methoxy groups -OCH3 is 1. The first-order chi connectivity index (χ1) is 13.6. The smallest absolute Gasteiger partial charge is 0.244 e. The fourth-order valence-electron chi connectivity index (χ4n) is 2.94. The highest BCUT2D eigenvalue weighted by Gasteiger charge is 2.23. The summed E-state index contributed by atoms with van der Waals surface area (Å²) in [5.74, 6) is 1.05. The molecule has 0 fully saturated rings. The van der Waals surface area contributed by atoms with Crippen LogP contribution in [0.2, 0.25) is 0 Å². The molecule has 0 aliphatic heterocycles. The molecule has 6 nitrogen and oxygen atoms in total. The van der Waals surface area contributed by atoms with Crippen molar-refractivity contribution in [3.63, 3.8) is 0 Å². The third-order valence-electron chi connectivity index (χ3n) is 4.35. The van der Waals surface area contributed by atoms with Crippen LogP contribution in [0.3, 0.4) is 0 Å². The largest absolute Gasteiger partial charge is 0.496 e. The summed E-state index contributed by atoms with van der Waals surface area (Å²) in [6.45, 7) is 0. The van der Waals surface area contributed by atoms with E-state index in [1.54, 1.807) is 37.6 Å². The Balaban J connectivity index is 1.90. The molecular weight excluding hydrogens is 352 g/mol. The van der Waals surface area contributed by atoms with Gasteiger partial charge in [-0.05, 0) is 23.8 Å². The van der Waals surface area contributed by atoms with E-state index in [0.717, 1.165) is 5.56 Å². The van der Waals surface area contributed by atoms with Gasteiger partial charge in [-0.25, -0.2) is 4.98 Å². The first-order valence-electron chi connectivity index (χ1n) is 8.72. The monoisotopic (exact) mass is 372 g/mol. The van der Waals surface area contributed by atoms with E-state index in [4.69, 9.17) is 4.74 Å². The molecule has 0 aliphatic rings. The second kappa shape index (κ2) is 8.69.